The van der Waals surface area contributed by atoms with Gasteiger partial charge in [-0.3, -0.25) is 0 Å². The van der Waals surface area contributed by atoms with Crippen LogP contribution in [0.5, 0.6) is 0 Å². The van der Waals surface area contributed by atoms with Gasteiger partial charge in [0.25, 0.3) is 0 Å². The summed E-state index contributed by atoms with van der Waals surface area (Å²) in [6.45, 7) is 0.293. The lowest BCUT2D eigenvalue weighted by molar-refractivity contribution is -0.106. The number of anilines is 1. The molecule has 0 amide bonds. The van der Waals surface area contributed by atoms with Crippen LogP contribution in [-0.2, 0) is 4.79 Å². The summed E-state index contributed by atoms with van der Waals surface area (Å²) in [4.78, 5) is 13.9. The van der Waals surface area contributed by atoms with E-state index < -0.39 is 0 Å². The van der Waals surface area contributed by atoms with E-state index in [0.717, 1.165) is 12.0 Å². The molecule has 0 radical (unpaired) electrons. The molecule has 0 heterocycles. The van der Waals surface area contributed by atoms with Crippen molar-refractivity contribution in [1.29, 1.82) is 0 Å². The number of benzene rings is 1. The van der Waals surface area contributed by atoms with Crippen molar-refractivity contribution in [3.05, 3.63) is 24.3 Å². The second-order valence-corrected chi connectivity index (χ2v) is 2.63. The van der Waals surface area contributed by atoms with Crippen molar-refractivity contribution < 1.29 is 4.79 Å². The SMILES string of the molecule is NC(N)=Nc1ccc(NCC=O)cc1. The van der Waals surface area contributed by atoms with Crippen molar-refractivity contribution in [3.63, 3.8) is 0 Å². The molecule has 1 aromatic carbocycles. The molecule has 0 atom stereocenters. The molecule has 0 saturated heterocycles. The molecule has 0 saturated carbocycles. The van der Waals surface area contributed by atoms with Crippen molar-refractivity contribution in [1.82, 2.24) is 0 Å². The van der Waals surface area contributed by atoms with Crippen LogP contribution < -0.4 is 16.8 Å². The first-order valence-corrected chi connectivity index (χ1v) is 4.09. The molecule has 0 aromatic heterocycles. The smallest absolute Gasteiger partial charge is 0.191 e. The number of carbonyl (C=O) groups is 1. The van der Waals surface area contributed by atoms with Crippen LogP contribution in [0, 0.1) is 0 Å². The Bertz CT molecular complexity index is 327. The fourth-order valence-corrected chi connectivity index (χ4v) is 0.962. The van der Waals surface area contributed by atoms with Crippen LogP contribution in [0.3, 0.4) is 0 Å². The average molecular weight is 192 g/mol. The van der Waals surface area contributed by atoms with Crippen LogP contribution in [0.2, 0.25) is 0 Å². The molecule has 1 aromatic rings. The highest BCUT2D eigenvalue weighted by molar-refractivity contribution is 5.79. The zero-order valence-corrected chi connectivity index (χ0v) is 7.60. The minimum Gasteiger partial charge on any atom is -0.378 e. The number of nitrogens with zero attached hydrogens (tertiary/aromatic N) is 1. The number of rotatable bonds is 4. The maximum atomic E-state index is 10.1. The monoisotopic (exact) mass is 192 g/mol. The Kier molecular flexibility index (Phi) is 3.49. The van der Waals surface area contributed by atoms with Crippen molar-refractivity contribution in [2.24, 2.45) is 16.5 Å². The summed E-state index contributed by atoms with van der Waals surface area (Å²) >= 11 is 0. The Hall–Kier alpha value is -2.04. The first kappa shape index (κ1) is 10.0. The van der Waals surface area contributed by atoms with E-state index in [1.807, 2.05) is 0 Å². The summed E-state index contributed by atoms with van der Waals surface area (Å²) in [5.41, 5.74) is 12.0. The number of aldehydes is 1. The Balaban J connectivity index is 2.68. The van der Waals surface area contributed by atoms with Gasteiger partial charge in [-0.05, 0) is 24.3 Å². The number of nitrogens with one attached hydrogen (secondary N) is 1. The van der Waals surface area contributed by atoms with E-state index in [4.69, 9.17) is 11.5 Å². The molecule has 14 heavy (non-hydrogen) atoms. The van der Waals surface area contributed by atoms with E-state index in [0.29, 0.717) is 12.2 Å². The number of carbonyl (C=O) groups excluding carboxylic acids is 1. The number of nitrogens with two attached hydrogens (primary N) is 2. The van der Waals surface area contributed by atoms with E-state index >= 15 is 0 Å². The molecule has 0 aliphatic rings. The third-order valence-corrected chi connectivity index (χ3v) is 1.52. The first-order chi connectivity index (χ1) is 6.72. The van der Waals surface area contributed by atoms with E-state index in [1.165, 1.54) is 0 Å². The summed E-state index contributed by atoms with van der Waals surface area (Å²) in [5, 5.41) is 2.90. The van der Waals surface area contributed by atoms with Crippen molar-refractivity contribution in [3.8, 4) is 0 Å². The molecular weight excluding hydrogens is 180 g/mol. The zero-order chi connectivity index (χ0) is 10.4. The van der Waals surface area contributed by atoms with Gasteiger partial charge >= 0.3 is 0 Å². The van der Waals surface area contributed by atoms with E-state index in [9.17, 15) is 4.79 Å². The minimum absolute atomic E-state index is 0.0265. The lowest BCUT2D eigenvalue weighted by Crippen LogP contribution is -2.21. The van der Waals surface area contributed by atoms with Gasteiger partial charge in [-0.15, -0.1) is 0 Å². The van der Waals surface area contributed by atoms with E-state index in [1.54, 1.807) is 24.3 Å². The molecule has 0 unspecified atom stereocenters. The molecule has 0 spiro atoms. The normalized spacial score (nSPS) is 9.14. The van der Waals surface area contributed by atoms with Gasteiger partial charge in [-0.2, -0.15) is 0 Å². The quantitative estimate of drug-likeness (QED) is 0.361. The molecule has 5 N–H and O–H groups in total. The van der Waals surface area contributed by atoms with Gasteiger partial charge in [-0.1, -0.05) is 0 Å². The summed E-state index contributed by atoms with van der Waals surface area (Å²) < 4.78 is 0. The highest BCUT2D eigenvalue weighted by Gasteiger charge is 1.92. The number of hydrogen-bond acceptors (Lipinski definition) is 3. The Morgan fingerprint density at radius 1 is 1.36 bits per heavy atom. The molecule has 74 valence electrons. The second kappa shape index (κ2) is 4.86. The summed E-state index contributed by atoms with van der Waals surface area (Å²) in [6.07, 6.45) is 0.796. The van der Waals surface area contributed by atoms with Gasteiger partial charge in [0, 0.05) is 5.69 Å². The van der Waals surface area contributed by atoms with Crippen molar-refractivity contribution in [2.75, 3.05) is 11.9 Å². The number of guanidine groups is 1. The molecule has 0 fully saturated rings. The lowest BCUT2D eigenvalue weighted by atomic mass is 10.3. The van der Waals surface area contributed by atoms with E-state index in [-0.39, 0.29) is 5.96 Å². The number of aliphatic imine (C=N–C) groups is 1. The first-order valence-electron chi connectivity index (χ1n) is 4.09. The molecule has 5 nitrogen and oxygen atoms in total. The molecular formula is C9H12N4O. The summed E-state index contributed by atoms with van der Waals surface area (Å²) in [7, 11) is 0. The maximum absolute atomic E-state index is 10.1. The van der Waals surface area contributed by atoms with Gasteiger partial charge in [0.05, 0.1) is 12.2 Å². The molecule has 1 rings (SSSR count). The van der Waals surface area contributed by atoms with Crippen LogP contribution in [-0.4, -0.2) is 18.8 Å². The second-order valence-electron chi connectivity index (χ2n) is 2.63. The van der Waals surface area contributed by atoms with Crippen LogP contribution >= 0.6 is 0 Å². The molecule has 0 aliphatic carbocycles. The molecule has 0 bridgehead atoms. The topological polar surface area (TPSA) is 93.5 Å². The predicted molar refractivity (Wildman–Crippen MR) is 56.5 cm³/mol. The zero-order valence-electron chi connectivity index (χ0n) is 7.60. The third kappa shape index (κ3) is 3.14. The summed E-state index contributed by atoms with van der Waals surface area (Å²) in [5.74, 6) is 0.0265. The van der Waals surface area contributed by atoms with Crippen LogP contribution in [0.15, 0.2) is 29.3 Å². The molecule has 5 heteroatoms. The van der Waals surface area contributed by atoms with Gasteiger partial charge in [0.15, 0.2) is 5.96 Å². The van der Waals surface area contributed by atoms with Crippen LogP contribution in [0.1, 0.15) is 0 Å². The summed E-state index contributed by atoms with van der Waals surface area (Å²) in [6, 6.07) is 7.11. The average Bonchev–Trinajstić information content (AvgIpc) is 2.16. The lowest BCUT2D eigenvalue weighted by Gasteiger charge is -2.01. The highest BCUT2D eigenvalue weighted by Crippen LogP contribution is 2.15. The fraction of sp³-hybridized carbons (Fsp3) is 0.111. The Labute approximate surface area is 81.8 Å². The Morgan fingerprint density at radius 3 is 2.50 bits per heavy atom. The Morgan fingerprint density at radius 2 is 2.00 bits per heavy atom. The largest absolute Gasteiger partial charge is 0.378 e. The predicted octanol–water partition coefficient (Wildman–Crippen LogP) is 0.202. The van der Waals surface area contributed by atoms with Gasteiger partial charge < -0.3 is 21.6 Å². The third-order valence-electron chi connectivity index (χ3n) is 1.52. The molecule has 0 aliphatic heterocycles. The van der Waals surface area contributed by atoms with Gasteiger partial charge in [0.1, 0.15) is 6.29 Å². The van der Waals surface area contributed by atoms with Crippen molar-refractivity contribution in [2.45, 2.75) is 0 Å². The van der Waals surface area contributed by atoms with Gasteiger partial charge in [-0.25, -0.2) is 4.99 Å². The number of hydrogen-bond donors (Lipinski definition) is 3. The van der Waals surface area contributed by atoms with Gasteiger partial charge in [0.2, 0.25) is 0 Å². The highest BCUT2D eigenvalue weighted by atomic mass is 16.1. The van der Waals surface area contributed by atoms with Crippen LogP contribution in [0.25, 0.3) is 0 Å². The van der Waals surface area contributed by atoms with Crippen LogP contribution in [0.4, 0.5) is 11.4 Å². The standard InChI is InChI=1S/C9H12N4O/c10-9(11)13-8-3-1-7(2-4-8)12-5-6-14/h1-4,6,12H,5H2,(H4,10,11,13). The maximum Gasteiger partial charge on any atom is 0.191 e. The minimum atomic E-state index is 0.0265. The van der Waals surface area contributed by atoms with E-state index in [2.05, 4.69) is 10.3 Å². The fourth-order valence-electron chi connectivity index (χ4n) is 0.962. The van der Waals surface area contributed by atoms with Crippen molar-refractivity contribution >= 4 is 23.6 Å².